The first-order valence-corrected chi connectivity index (χ1v) is 8.29. The number of aliphatic hydroxyl groups excluding tert-OH is 1. The van der Waals surface area contributed by atoms with E-state index in [1.807, 2.05) is 6.92 Å². The highest BCUT2D eigenvalue weighted by Gasteiger charge is 2.07. The Bertz CT molecular complexity index is 718. The fourth-order valence-electron chi connectivity index (χ4n) is 2.27. The third-order valence-electron chi connectivity index (χ3n) is 3.66. The molecule has 0 aliphatic rings. The number of nitrogens with one attached hydrogen (secondary N) is 1. The fraction of sp³-hybridized carbons (Fsp3) is 0.316. The maximum Gasteiger partial charge on any atom is 0.248 e. The third kappa shape index (κ3) is 6.27. The van der Waals surface area contributed by atoms with Crippen LogP contribution in [0.2, 0.25) is 0 Å². The van der Waals surface area contributed by atoms with E-state index in [1.165, 1.54) is 0 Å². The van der Waals surface area contributed by atoms with Gasteiger partial charge in [-0.1, -0.05) is 0 Å². The Morgan fingerprint density at radius 2 is 1.92 bits per heavy atom. The zero-order valence-electron chi connectivity index (χ0n) is 14.6. The van der Waals surface area contributed by atoms with Crippen LogP contribution in [0.5, 0.6) is 17.2 Å². The van der Waals surface area contributed by atoms with E-state index in [1.54, 1.807) is 42.5 Å². The van der Waals surface area contributed by atoms with Crippen LogP contribution in [0.1, 0.15) is 15.9 Å². The number of aromatic hydroxyl groups is 1. The molecule has 26 heavy (non-hydrogen) atoms. The Hall–Kier alpha value is -2.77. The molecule has 2 rings (SSSR count). The predicted molar refractivity (Wildman–Crippen MR) is 97.7 cm³/mol. The Morgan fingerprint density at radius 3 is 2.58 bits per heavy atom. The quantitative estimate of drug-likeness (QED) is 0.474. The number of benzene rings is 2. The molecule has 1 amide bonds. The van der Waals surface area contributed by atoms with Gasteiger partial charge in [-0.2, -0.15) is 0 Å². The van der Waals surface area contributed by atoms with Crippen molar-refractivity contribution in [3.8, 4) is 17.2 Å². The second-order valence-electron chi connectivity index (χ2n) is 5.86. The maximum absolute atomic E-state index is 11.0. The predicted octanol–water partition coefficient (Wildman–Crippen LogP) is 1.21. The van der Waals surface area contributed by atoms with Crippen molar-refractivity contribution in [3.63, 3.8) is 0 Å². The summed E-state index contributed by atoms with van der Waals surface area (Å²) in [6.07, 6.45) is -0.668. The summed E-state index contributed by atoms with van der Waals surface area (Å²) < 4.78 is 11.1. The molecule has 0 aromatic heterocycles. The molecule has 0 bridgehead atoms. The van der Waals surface area contributed by atoms with Gasteiger partial charge in [-0.25, -0.2) is 0 Å². The molecule has 7 heteroatoms. The summed E-state index contributed by atoms with van der Waals surface area (Å²) in [5, 5.41) is 22.4. The molecule has 0 radical (unpaired) electrons. The lowest BCUT2D eigenvalue weighted by atomic mass is 10.2. The molecule has 140 valence electrons. The van der Waals surface area contributed by atoms with E-state index < -0.39 is 12.0 Å². The van der Waals surface area contributed by atoms with Crippen molar-refractivity contribution in [1.29, 1.82) is 0 Å². The number of hydrogen-bond acceptors (Lipinski definition) is 6. The Balaban J connectivity index is 1.61. The summed E-state index contributed by atoms with van der Waals surface area (Å²) in [4.78, 5) is 11.0. The second-order valence-corrected chi connectivity index (χ2v) is 5.86. The van der Waals surface area contributed by atoms with Crippen molar-refractivity contribution >= 4 is 5.91 Å². The van der Waals surface area contributed by atoms with Gasteiger partial charge in [-0.05, 0) is 55.0 Å². The van der Waals surface area contributed by atoms with Crippen molar-refractivity contribution < 1.29 is 24.5 Å². The van der Waals surface area contributed by atoms with Gasteiger partial charge < -0.3 is 30.7 Å². The zero-order chi connectivity index (χ0) is 18.9. The first-order chi connectivity index (χ1) is 12.5. The van der Waals surface area contributed by atoms with E-state index in [0.717, 1.165) is 5.56 Å². The Morgan fingerprint density at radius 1 is 1.19 bits per heavy atom. The minimum absolute atomic E-state index is 0.147. The number of nitrogens with two attached hydrogens (primary N) is 1. The minimum Gasteiger partial charge on any atom is -0.508 e. The average Bonchev–Trinajstić information content (AvgIpc) is 2.61. The molecular formula is C19H24N2O5. The smallest absolute Gasteiger partial charge is 0.248 e. The number of amides is 1. The summed E-state index contributed by atoms with van der Waals surface area (Å²) in [6.45, 7) is 3.30. The van der Waals surface area contributed by atoms with Gasteiger partial charge in [0.1, 0.15) is 36.6 Å². The monoisotopic (exact) mass is 360 g/mol. The number of primary amides is 1. The molecule has 0 saturated carbocycles. The van der Waals surface area contributed by atoms with Crippen LogP contribution in [-0.4, -0.2) is 48.5 Å². The molecule has 0 saturated heterocycles. The molecule has 2 aromatic carbocycles. The molecule has 5 N–H and O–H groups in total. The lowest BCUT2D eigenvalue weighted by molar-refractivity contribution is 0.1000. The van der Waals surface area contributed by atoms with Crippen molar-refractivity contribution in [3.05, 3.63) is 53.6 Å². The topological polar surface area (TPSA) is 114 Å². The normalized spacial score (nSPS) is 11.8. The van der Waals surface area contributed by atoms with Gasteiger partial charge in [0.2, 0.25) is 5.91 Å². The van der Waals surface area contributed by atoms with E-state index >= 15 is 0 Å². The van der Waals surface area contributed by atoms with Crippen LogP contribution in [0.3, 0.4) is 0 Å². The highest BCUT2D eigenvalue weighted by atomic mass is 16.5. The first kappa shape index (κ1) is 19.6. The molecular weight excluding hydrogens is 336 g/mol. The number of carbonyl (C=O) groups is 1. The van der Waals surface area contributed by atoms with Crippen LogP contribution >= 0.6 is 0 Å². The zero-order valence-corrected chi connectivity index (χ0v) is 14.6. The van der Waals surface area contributed by atoms with Crippen molar-refractivity contribution in [1.82, 2.24) is 5.32 Å². The van der Waals surface area contributed by atoms with Crippen LogP contribution < -0.4 is 20.5 Å². The molecule has 2 aromatic rings. The summed E-state index contributed by atoms with van der Waals surface area (Å²) in [5.41, 5.74) is 6.41. The van der Waals surface area contributed by atoms with Crippen molar-refractivity contribution in [2.45, 2.75) is 13.0 Å². The number of rotatable bonds is 10. The lowest BCUT2D eigenvalue weighted by Gasteiger charge is -2.15. The van der Waals surface area contributed by atoms with Gasteiger partial charge in [0, 0.05) is 18.7 Å². The fourth-order valence-corrected chi connectivity index (χ4v) is 2.27. The maximum atomic E-state index is 11.0. The van der Waals surface area contributed by atoms with Gasteiger partial charge in [-0.15, -0.1) is 0 Å². The highest BCUT2D eigenvalue weighted by molar-refractivity contribution is 5.92. The number of carbonyl (C=O) groups excluding carboxylic acids is 1. The van der Waals surface area contributed by atoms with Crippen LogP contribution in [0.4, 0.5) is 0 Å². The van der Waals surface area contributed by atoms with Crippen LogP contribution in [0.15, 0.2) is 42.5 Å². The SMILES string of the molecule is Cc1cc(O)ccc1OCC(O)CNCCOc1ccc(C(N)=O)cc1. The second kappa shape index (κ2) is 9.65. The van der Waals surface area contributed by atoms with Gasteiger partial charge in [-0.3, -0.25) is 4.79 Å². The number of ether oxygens (including phenoxy) is 2. The summed E-state index contributed by atoms with van der Waals surface area (Å²) in [5.74, 6) is 0.978. The van der Waals surface area contributed by atoms with Crippen LogP contribution in [0.25, 0.3) is 0 Å². The molecule has 0 spiro atoms. The summed E-state index contributed by atoms with van der Waals surface area (Å²) >= 11 is 0. The minimum atomic E-state index is -0.668. The Kier molecular flexibility index (Phi) is 7.25. The molecule has 0 heterocycles. The van der Waals surface area contributed by atoms with E-state index in [2.05, 4.69) is 5.32 Å². The van der Waals surface area contributed by atoms with Crippen LogP contribution in [-0.2, 0) is 0 Å². The summed E-state index contributed by atoms with van der Waals surface area (Å²) in [7, 11) is 0. The van der Waals surface area contributed by atoms with Gasteiger partial charge in [0.15, 0.2) is 0 Å². The third-order valence-corrected chi connectivity index (χ3v) is 3.66. The van der Waals surface area contributed by atoms with E-state index in [-0.39, 0.29) is 12.4 Å². The largest absolute Gasteiger partial charge is 0.508 e. The standard InChI is InChI=1S/C19H24N2O5/c1-13-10-15(22)4-7-18(13)26-12-16(23)11-21-8-9-25-17-5-2-14(3-6-17)19(20)24/h2-7,10,16,21-23H,8-9,11-12H2,1H3,(H2,20,24). The van der Waals surface area contributed by atoms with E-state index in [4.69, 9.17) is 15.2 Å². The van der Waals surface area contributed by atoms with Gasteiger partial charge in [0.05, 0.1) is 0 Å². The highest BCUT2D eigenvalue weighted by Crippen LogP contribution is 2.22. The van der Waals surface area contributed by atoms with Crippen molar-refractivity contribution in [2.75, 3.05) is 26.3 Å². The van der Waals surface area contributed by atoms with Gasteiger partial charge in [0.25, 0.3) is 0 Å². The molecule has 0 aliphatic carbocycles. The van der Waals surface area contributed by atoms with E-state index in [0.29, 0.717) is 36.8 Å². The molecule has 7 nitrogen and oxygen atoms in total. The van der Waals surface area contributed by atoms with Crippen molar-refractivity contribution in [2.24, 2.45) is 5.73 Å². The van der Waals surface area contributed by atoms with E-state index in [9.17, 15) is 15.0 Å². The number of aryl methyl sites for hydroxylation is 1. The van der Waals surface area contributed by atoms with Gasteiger partial charge >= 0.3 is 0 Å². The molecule has 1 atom stereocenters. The lowest BCUT2D eigenvalue weighted by Crippen LogP contribution is -2.33. The Labute approximate surface area is 152 Å². The molecule has 1 unspecified atom stereocenters. The number of hydrogen-bond donors (Lipinski definition) is 4. The number of aliphatic hydroxyl groups is 1. The molecule has 0 aliphatic heterocycles. The van der Waals surface area contributed by atoms with Crippen LogP contribution in [0, 0.1) is 6.92 Å². The molecule has 0 fully saturated rings. The number of phenolic OH excluding ortho intramolecular Hbond substituents is 1. The average molecular weight is 360 g/mol. The summed E-state index contributed by atoms with van der Waals surface area (Å²) in [6, 6.07) is 11.4. The first-order valence-electron chi connectivity index (χ1n) is 8.29. The number of phenols is 1.